The molecule has 1 saturated carbocycles. The third-order valence-corrected chi connectivity index (χ3v) is 3.74. The molecule has 0 aromatic heterocycles. The average Bonchev–Trinajstić information content (AvgIpc) is 3.19. The Morgan fingerprint density at radius 3 is 1.48 bits per heavy atom. The average molecular weight is 346 g/mol. The summed E-state index contributed by atoms with van der Waals surface area (Å²) in [6.45, 7) is 10.5. The van der Waals surface area contributed by atoms with Crippen molar-refractivity contribution in [3.8, 4) is 0 Å². The van der Waals surface area contributed by atoms with E-state index in [1.54, 1.807) is 71.9 Å². The van der Waals surface area contributed by atoms with Crippen LogP contribution in [0.3, 0.4) is 0 Å². The second-order valence-electron chi connectivity index (χ2n) is 8.37. The van der Waals surface area contributed by atoms with Crippen molar-refractivity contribution in [3.63, 3.8) is 0 Å². The Morgan fingerprint density at radius 2 is 1.12 bits per heavy atom. The lowest BCUT2D eigenvalue weighted by molar-refractivity contribution is -0.163. The third-order valence-electron chi connectivity index (χ3n) is 3.74. The number of ether oxygens (including phenoxy) is 2. The first-order valence-corrected chi connectivity index (χ1v) is 8.46. The van der Waals surface area contributed by atoms with E-state index in [2.05, 4.69) is 0 Å². The minimum atomic E-state index is -0.790. The highest BCUT2D eigenvalue weighted by molar-refractivity contribution is 6.07. The molecule has 1 aliphatic rings. The van der Waals surface area contributed by atoms with Crippen LogP contribution < -0.4 is 0 Å². The van der Waals surface area contributed by atoms with Crippen LogP contribution in [0.15, 0.2) is 30.3 Å². The van der Waals surface area contributed by atoms with Gasteiger partial charge in [-0.1, -0.05) is 30.3 Å². The Labute approximate surface area is 148 Å². The summed E-state index contributed by atoms with van der Waals surface area (Å²) in [5.74, 6) is -3.60. The van der Waals surface area contributed by atoms with Gasteiger partial charge in [-0.15, -0.1) is 0 Å². The summed E-state index contributed by atoms with van der Waals surface area (Å²) in [7, 11) is 0. The van der Waals surface area contributed by atoms with Gasteiger partial charge in [0.1, 0.15) is 11.2 Å². The molecule has 1 aromatic carbocycles. The maximum atomic E-state index is 12.8. The van der Waals surface area contributed by atoms with Crippen LogP contribution in [0.5, 0.6) is 0 Å². The maximum Gasteiger partial charge on any atom is 0.311 e. The molecule has 5 nitrogen and oxygen atoms in total. The first kappa shape index (κ1) is 19.2. The smallest absolute Gasteiger partial charge is 0.311 e. The van der Waals surface area contributed by atoms with Crippen LogP contribution in [-0.4, -0.2) is 28.9 Å². The highest BCUT2D eigenvalue weighted by Crippen LogP contribution is 2.50. The summed E-state index contributed by atoms with van der Waals surface area (Å²) in [5.41, 5.74) is -0.885. The second-order valence-corrected chi connectivity index (χ2v) is 8.37. The van der Waals surface area contributed by atoms with E-state index in [0.717, 1.165) is 0 Å². The molecule has 2 rings (SSSR count). The second kappa shape index (κ2) is 6.62. The predicted molar refractivity (Wildman–Crippen MR) is 92.9 cm³/mol. The van der Waals surface area contributed by atoms with Gasteiger partial charge in [0.2, 0.25) is 0 Å². The zero-order chi connectivity index (χ0) is 19.0. The molecule has 1 fully saturated rings. The number of hydrogen-bond acceptors (Lipinski definition) is 5. The summed E-state index contributed by atoms with van der Waals surface area (Å²) in [6.07, 6.45) is 0. The van der Waals surface area contributed by atoms with E-state index in [4.69, 9.17) is 9.47 Å². The van der Waals surface area contributed by atoms with Crippen LogP contribution in [0.25, 0.3) is 0 Å². The zero-order valence-electron chi connectivity index (χ0n) is 15.7. The molecule has 3 atom stereocenters. The Bertz CT molecular complexity index is 630. The van der Waals surface area contributed by atoms with Gasteiger partial charge < -0.3 is 9.47 Å². The zero-order valence-corrected chi connectivity index (χ0v) is 15.7. The monoisotopic (exact) mass is 346 g/mol. The van der Waals surface area contributed by atoms with Crippen LogP contribution in [0.4, 0.5) is 0 Å². The lowest BCUT2D eigenvalue weighted by atomic mass is 10.1. The number of benzene rings is 1. The van der Waals surface area contributed by atoms with Crippen molar-refractivity contribution in [2.75, 3.05) is 0 Å². The molecule has 0 heterocycles. The lowest BCUT2D eigenvalue weighted by Crippen LogP contribution is -2.28. The van der Waals surface area contributed by atoms with Gasteiger partial charge in [-0.2, -0.15) is 0 Å². The molecule has 1 aliphatic carbocycles. The Kier molecular flexibility index (Phi) is 5.07. The number of carbonyl (C=O) groups excluding carboxylic acids is 3. The van der Waals surface area contributed by atoms with Crippen molar-refractivity contribution in [1.29, 1.82) is 0 Å². The van der Waals surface area contributed by atoms with E-state index in [9.17, 15) is 14.4 Å². The lowest BCUT2D eigenvalue weighted by Gasteiger charge is -2.20. The minimum Gasteiger partial charge on any atom is -0.460 e. The van der Waals surface area contributed by atoms with Crippen molar-refractivity contribution in [2.45, 2.75) is 52.7 Å². The number of ketones is 1. The summed E-state index contributed by atoms with van der Waals surface area (Å²) in [5, 5.41) is 0. The SMILES string of the molecule is CC(C)(C)OC(=O)[C@@H]1C(C(=O)c2ccccc2)[C@@H]1C(=O)OC(C)(C)C. The fourth-order valence-corrected chi connectivity index (χ4v) is 2.76. The summed E-state index contributed by atoms with van der Waals surface area (Å²) >= 11 is 0. The summed E-state index contributed by atoms with van der Waals surface area (Å²) < 4.78 is 10.8. The van der Waals surface area contributed by atoms with Gasteiger partial charge in [0.15, 0.2) is 5.78 Å². The van der Waals surface area contributed by atoms with Gasteiger partial charge in [0.05, 0.1) is 17.8 Å². The highest BCUT2D eigenvalue weighted by atomic mass is 16.6. The van der Waals surface area contributed by atoms with E-state index < -0.39 is 40.9 Å². The molecule has 1 aromatic rings. The molecule has 0 N–H and O–H groups in total. The van der Waals surface area contributed by atoms with E-state index in [1.807, 2.05) is 0 Å². The topological polar surface area (TPSA) is 69.7 Å². The quantitative estimate of drug-likeness (QED) is 0.617. The largest absolute Gasteiger partial charge is 0.460 e. The first-order valence-electron chi connectivity index (χ1n) is 8.46. The van der Waals surface area contributed by atoms with Crippen molar-refractivity contribution in [1.82, 2.24) is 0 Å². The van der Waals surface area contributed by atoms with Crippen molar-refractivity contribution in [3.05, 3.63) is 35.9 Å². The molecular weight excluding hydrogens is 320 g/mol. The van der Waals surface area contributed by atoms with Gasteiger partial charge in [0.25, 0.3) is 0 Å². The fraction of sp³-hybridized carbons (Fsp3) is 0.550. The van der Waals surface area contributed by atoms with E-state index in [-0.39, 0.29) is 5.78 Å². The molecule has 0 radical (unpaired) electrons. The minimum absolute atomic E-state index is 0.229. The van der Waals surface area contributed by atoms with Crippen LogP contribution >= 0.6 is 0 Å². The number of rotatable bonds is 4. The van der Waals surface area contributed by atoms with Gasteiger partial charge in [0, 0.05) is 5.56 Å². The molecule has 0 saturated heterocycles. The predicted octanol–water partition coefficient (Wildman–Crippen LogP) is 3.41. The number of carbonyl (C=O) groups is 3. The van der Waals surface area contributed by atoms with E-state index in [1.165, 1.54) is 0 Å². The van der Waals surface area contributed by atoms with E-state index in [0.29, 0.717) is 5.56 Å². The van der Waals surface area contributed by atoms with Crippen molar-refractivity contribution >= 4 is 17.7 Å². The van der Waals surface area contributed by atoms with Gasteiger partial charge in [-0.05, 0) is 41.5 Å². The molecule has 25 heavy (non-hydrogen) atoms. The molecule has 136 valence electrons. The normalized spacial score (nSPS) is 22.9. The summed E-state index contributed by atoms with van der Waals surface area (Å²) in [6, 6.07) is 8.67. The fourth-order valence-electron chi connectivity index (χ4n) is 2.76. The third kappa shape index (κ3) is 4.91. The highest BCUT2D eigenvalue weighted by Gasteiger charge is 2.65. The van der Waals surface area contributed by atoms with E-state index >= 15 is 0 Å². The molecule has 0 spiro atoms. The van der Waals surface area contributed by atoms with Crippen LogP contribution in [-0.2, 0) is 19.1 Å². The number of hydrogen-bond donors (Lipinski definition) is 0. The Hall–Kier alpha value is -2.17. The standard InChI is InChI=1S/C20H26O5/c1-19(2,3)24-17(22)14-13(15(14)18(23)25-20(4,5)6)16(21)12-10-8-7-9-11-12/h7-11,13-15H,1-6H3/t13?,14-,15+. The molecular formula is C20H26O5. The first-order chi connectivity index (χ1) is 11.4. The van der Waals surface area contributed by atoms with Crippen LogP contribution in [0.1, 0.15) is 51.9 Å². The molecule has 0 amide bonds. The van der Waals surface area contributed by atoms with Crippen molar-refractivity contribution < 1.29 is 23.9 Å². The number of esters is 2. The van der Waals surface area contributed by atoms with Gasteiger partial charge >= 0.3 is 11.9 Å². The molecule has 0 bridgehead atoms. The van der Waals surface area contributed by atoms with Crippen LogP contribution in [0, 0.1) is 17.8 Å². The van der Waals surface area contributed by atoms with Gasteiger partial charge in [-0.3, -0.25) is 14.4 Å². The van der Waals surface area contributed by atoms with Crippen LogP contribution in [0.2, 0.25) is 0 Å². The summed E-state index contributed by atoms with van der Waals surface area (Å²) in [4.78, 5) is 37.7. The van der Waals surface area contributed by atoms with Crippen molar-refractivity contribution in [2.24, 2.45) is 17.8 Å². The number of Topliss-reactive ketones (excluding diaryl/α,β-unsaturated/α-hetero) is 1. The molecule has 1 unspecified atom stereocenters. The Balaban J connectivity index is 2.23. The Morgan fingerprint density at radius 1 is 0.720 bits per heavy atom. The maximum absolute atomic E-state index is 12.8. The molecule has 0 aliphatic heterocycles. The molecule has 5 heteroatoms. The van der Waals surface area contributed by atoms with Gasteiger partial charge in [-0.25, -0.2) is 0 Å².